The van der Waals surface area contributed by atoms with Crippen LogP contribution in [0.2, 0.25) is 0 Å². The first-order valence-corrected chi connectivity index (χ1v) is 4.43. The molecular formula is C10H10F3NO2. The van der Waals surface area contributed by atoms with Crippen molar-refractivity contribution < 1.29 is 22.7 Å². The van der Waals surface area contributed by atoms with Gasteiger partial charge >= 0.3 is 6.18 Å². The lowest BCUT2D eigenvalue weighted by molar-refractivity contribution is -0.137. The maximum absolute atomic E-state index is 12.4. The molecule has 88 valence electrons. The molecule has 0 radical (unpaired) electrons. The van der Waals surface area contributed by atoms with Gasteiger partial charge in [0.2, 0.25) is 0 Å². The number of hydrogen-bond acceptors (Lipinski definition) is 3. The number of rotatable bonds is 4. The van der Waals surface area contributed by atoms with Gasteiger partial charge in [-0.3, -0.25) is 4.79 Å². The minimum atomic E-state index is -4.40. The van der Waals surface area contributed by atoms with E-state index in [0.29, 0.717) is 0 Å². The fraction of sp³-hybridized carbons (Fsp3) is 0.300. The normalized spacial score (nSPS) is 13.2. The molecule has 0 aliphatic rings. The van der Waals surface area contributed by atoms with E-state index in [4.69, 9.17) is 5.73 Å². The van der Waals surface area contributed by atoms with Gasteiger partial charge in [0, 0.05) is 0 Å². The molecule has 0 aliphatic heterocycles. The molecule has 6 heteroatoms. The Hall–Kier alpha value is -1.56. The quantitative estimate of drug-likeness (QED) is 0.808. The molecule has 2 N–H and O–H groups in total. The Morgan fingerprint density at radius 2 is 2.12 bits per heavy atom. The highest BCUT2D eigenvalue weighted by Crippen LogP contribution is 2.30. The second-order valence-electron chi connectivity index (χ2n) is 3.16. The summed E-state index contributed by atoms with van der Waals surface area (Å²) in [4.78, 5) is 9.91. The van der Waals surface area contributed by atoms with Crippen LogP contribution in [0.3, 0.4) is 0 Å². The minimum Gasteiger partial charge on any atom is -0.466 e. The second-order valence-corrected chi connectivity index (χ2v) is 3.16. The first-order valence-electron chi connectivity index (χ1n) is 4.43. The maximum atomic E-state index is 12.4. The van der Waals surface area contributed by atoms with Crippen LogP contribution in [0.4, 0.5) is 13.2 Å². The van der Waals surface area contributed by atoms with Crippen molar-refractivity contribution >= 4 is 6.47 Å². The van der Waals surface area contributed by atoms with Crippen molar-refractivity contribution in [1.29, 1.82) is 0 Å². The predicted molar refractivity (Wildman–Crippen MR) is 50.4 cm³/mol. The van der Waals surface area contributed by atoms with Gasteiger partial charge in [-0.2, -0.15) is 13.2 Å². The van der Waals surface area contributed by atoms with E-state index in [2.05, 4.69) is 4.74 Å². The van der Waals surface area contributed by atoms with Gasteiger partial charge in [0.15, 0.2) is 0 Å². The van der Waals surface area contributed by atoms with Crippen molar-refractivity contribution in [2.45, 2.75) is 12.2 Å². The summed E-state index contributed by atoms with van der Waals surface area (Å²) in [5.41, 5.74) is 5.04. The Kier molecular flexibility index (Phi) is 3.89. The molecule has 1 atom stereocenters. The largest absolute Gasteiger partial charge is 0.466 e. The van der Waals surface area contributed by atoms with Crippen molar-refractivity contribution in [3.05, 3.63) is 35.4 Å². The lowest BCUT2D eigenvalue weighted by Crippen LogP contribution is -2.17. The molecule has 0 heterocycles. The number of carbonyl (C=O) groups excluding carboxylic acids is 1. The number of carbonyl (C=O) groups is 1. The third kappa shape index (κ3) is 3.23. The molecule has 1 unspecified atom stereocenters. The van der Waals surface area contributed by atoms with Crippen LogP contribution in [0, 0.1) is 0 Å². The SMILES string of the molecule is NC(COC=O)c1cccc(C(F)(F)F)c1. The topological polar surface area (TPSA) is 52.3 Å². The van der Waals surface area contributed by atoms with Gasteiger partial charge in [-0.25, -0.2) is 0 Å². The summed E-state index contributed by atoms with van der Waals surface area (Å²) >= 11 is 0. The summed E-state index contributed by atoms with van der Waals surface area (Å²) in [5.74, 6) is 0. The maximum Gasteiger partial charge on any atom is 0.416 e. The monoisotopic (exact) mass is 233 g/mol. The average molecular weight is 233 g/mol. The molecule has 0 saturated carbocycles. The van der Waals surface area contributed by atoms with E-state index in [0.717, 1.165) is 12.1 Å². The summed E-state index contributed by atoms with van der Waals surface area (Å²) in [5, 5.41) is 0. The lowest BCUT2D eigenvalue weighted by Gasteiger charge is -2.13. The molecular weight excluding hydrogens is 223 g/mol. The first-order chi connectivity index (χ1) is 7.45. The summed E-state index contributed by atoms with van der Waals surface area (Å²) in [6.45, 7) is 0.0538. The Labute approximate surface area is 90.0 Å². The number of nitrogens with two attached hydrogens (primary N) is 1. The van der Waals surface area contributed by atoms with Gasteiger partial charge in [0.25, 0.3) is 6.47 Å². The standard InChI is InChI=1S/C10H10F3NO2/c11-10(12,13)8-3-1-2-7(4-8)9(14)5-16-6-15/h1-4,6,9H,5,14H2. The van der Waals surface area contributed by atoms with Gasteiger partial charge in [-0.05, 0) is 17.7 Å². The first kappa shape index (κ1) is 12.5. The zero-order chi connectivity index (χ0) is 12.2. The number of halogens is 3. The average Bonchev–Trinajstić information content (AvgIpc) is 2.25. The van der Waals surface area contributed by atoms with E-state index in [1.165, 1.54) is 12.1 Å². The number of alkyl halides is 3. The molecule has 16 heavy (non-hydrogen) atoms. The number of ether oxygens (including phenoxy) is 1. The fourth-order valence-electron chi connectivity index (χ4n) is 1.18. The summed E-state index contributed by atoms with van der Waals surface area (Å²) in [6, 6.07) is 3.86. The molecule has 0 saturated heterocycles. The highest BCUT2D eigenvalue weighted by atomic mass is 19.4. The van der Waals surface area contributed by atoms with Crippen molar-refractivity contribution in [1.82, 2.24) is 0 Å². The van der Waals surface area contributed by atoms with Crippen LogP contribution in [-0.2, 0) is 15.7 Å². The molecule has 0 aromatic heterocycles. The van der Waals surface area contributed by atoms with Crippen molar-refractivity contribution in [3.8, 4) is 0 Å². The predicted octanol–water partition coefficient (Wildman–Crippen LogP) is 1.88. The molecule has 3 nitrogen and oxygen atoms in total. The van der Waals surface area contributed by atoms with Crippen molar-refractivity contribution in [2.75, 3.05) is 6.61 Å². The van der Waals surface area contributed by atoms with Crippen molar-refractivity contribution in [3.63, 3.8) is 0 Å². The highest BCUT2D eigenvalue weighted by Gasteiger charge is 2.30. The zero-order valence-corrected chi connectivity index (χ0v) is 8.20. The van der Waals surface area contributed by atoms with E-state index >= 15 is 0 Å². The molecule has 1 aromatic carbocycles. The van der Waals surface area contributed by atoms with Gasteiger partial charge in [0.1, 0.15) is 6.61 Å². The Morgan fingerprint density at radius 3 is 2.69 bits per heavy atom. The molecule has 0 spiro atoms. The van der Waals surface area contributed by atoms with Crippen LogP contribution >= 0.6 is 0 Å². The van der Waals surface area contributed by atoms with Crippen LogP contribution in [0.5, 0.6) is 0 Å². The van der Waals surface area contributed by atoms with Crippen LogP contribution in [0.1, 0.15) is 17.2 Å². The Balaban J connectivity index is 2.85. The van der Waals surface area contributed by atoms with Gasteiger partial charge in [-0.15, -0.1) is 0 Å². The van der Waals surface area contributed by atoms with Gasteiger partial charge in [-0.1, -0.05) is 12.1 Å². The van der Waals surface area contributed by atoms with Crippen LogP contribution < -0.4 is 5.73 Å². The number of benzene rings is 1. The van der Waals surface area contributed by atoms with Crippen molar-refractivity contribution in [2.24, 2.45) is 5.73 Å². The highest BCUT2D eigenvalue weighted by molar-refractivity contribution is 5.37. The third-order valence-electron chi connectivity index (χ3n) is 1.99. The fourth-order valence-corrected chi connectivity index (χ4v) is 1.18. The Bertz CT molecular complexity index is 365. The van der Waals surface area contributed by atoms with Gasteiger partial charge < -0.3 is 10.5 Å². The van der Waals surface area contributed by atoms with Gasteiger partial charge in [0.05, 0.1) is 11.6 Å². The second kappa shape index (κ2) is 4.98. The summed E-state index contributed by atoms with van der Waals surface area (Å²) in [6.07, 6.45) is -4.40. The lowest BCUT2D eigenvalue weighted by atomic mass is 10.1. The molecule has 1 rings (SSSR count). The van der Waals surface area contributed by atoms with Crippen LogP contribution in [0.25, 0.3) is 0 Å². The number of hydrogen-bond donors (Lipinski definition) is 1. The van der Waals surface area contributed by atoms with E-state index in [-0.39, 0.29) is 18.6 Å². The van der Waals surface area contributed by atoms with E-state index in [1.54, 1.807) is 0 Å². The summed E-state index contributed by atoms with van der Waals surface area (Å²) in [7, 11) is 0. The van der Waals surface area contributed by atoms with E-state index in [1.807, 2.05) is 0 Å². The van der Waals surface area contributed by atoms with E-state index < -0.39 is 17.8 Å². The zero-order valence-electron chi connectivity index (χ0n) is 8.20. The van der Waals surface area contributed by atoms with Crippen LogP contribution in [-0.4, -0.2) is 13.1 Å². The molecule has 0 fully saturated rings. The Morgan fingerprint density at radius 1 is 1.44 bits per heavy atom. The molecule has 1 aromatic rings. The molecule has 0 aliphatic carbocycles. The smallest absolute Gasteiger partial charge is 0.416 e. The minimum absolute atomic E-state index is 0.148. The van der Waals surface area contributed by atoms with E-state index in [9.17, 15) is 18.0 Å². The third-order valence-corrected chi connectivity index (χ3v) is 1.99. The summed E-state index contributed by atoms with van der Waals surface area (Å²) < 4.78 is 41.5. The molecule has 0 bridgehead atoms. The van der Waals surface area contributed by atoms with Crippen LogP contribution in [0.15, 0.2) is 24.3 Å². The molecule has 0 amide bonds.